The zero-order valence-electron chi connectivity index (χ0n) is 7.31. The Morgan fingerprint density at radius 3 is 2.73 bits per heavy atom. The minimum absolute atomic E-state index is 0.743. The second kappa shape index (κ2) is 8.01. The van der Waals surface area contributed by atoms with E-state index in [1.165, 1.54) is 19.3 Å². The van der Waals surface area contributed by atoms with Crippen molar-refractivity contribution < 1.29 is 0 Å². The van der Waals surface area contributed by atoms with Crippen LogP contribution in [0, 0.1) is 19.3 Å². The molecule has 1 heteroatoms. The molecule has 1 atom stereocenters. The molecule has 0 aromatic heterocycles. The fourth-order valence-electron chi connectivity index (χ4n) is 0.979. The van der Waals surface area contributed by atoms with Crippen molar-refractivity contribution in [1.82, 2.24) is 0 Å². The third-order valence-electron chi connectivity index (χ3n) is 1.75. The molecule has 0 amide bonds. The fraction of sp³-hybridized carbons (Fsp3) is 0.700. The molecule has 0 N–H and O–H groups in total. The van der Waals surface area contributed by atoms with Crippen LogP contribution in [0.4, 0.5) is 0 Å². The van der Waals surface area contributed by atoms with Gasteiger partial charge in [-0.1, -0.05) is 13.3 Å². The third-order valence-corrected chi connectivity index (χ3v) is 2.89. The van der Waals surface area contributed by atoms with Crippen LogP contribution in [0.25, 0.3) is 0 Å². The molecule has 1 radical (unpaired) electrons. The summed E-state index contributed by atoms with van der Waals surface area (Å²) in [5.41, 5.74) is 0. The van der Waals surface area contributed by atoms with Gasteiger partial charge in [0.2, 0.25) is 0 Å². The van der Waals surface area contributed by atoms with Gasteiger partial charge in [-0.3, -0.25) is 0 Å². The Balaban J connectivity index is 3.16. The number of unbranched alkanes of at least 4 members (excludes halogenated alkanes) is 2. The Bertz CT molecular complexity index is 109. The fourth-order valence-corrected chi connectivity index (χ4v) is 1.62. The molecular weight excluding hydrogens is 152 g/mol. The van der Waals surface area contributed by atoms with E-state index in [0.29, 0.717) is 0 Å². The predicted molar refractivity (Wildman–Crippen MR) is 54.6 cm³/mol. The lowest BCUT2D eigenvalue weighted by molar-refractivity contribution is 0.668. The molecule has 0 nitrogen and oxygen atoms in total. The topological polar surface area (TPSA) is 0 Å². The summed E-state index contributed by atoms with van der Waals surface area (Å²) in [5, 5.41) is 0.743. The van der Waals surface area contributed by atoms with Crippen LogP contribution in [0.15, 0.2) is 0 Å². The maximum atomic E-state index is 5.14. The van der Waals surface area contributed by atoms with Crippen LogP contribution in [-0.2, 0) is 0 Å². The molecule has 0 aliphatic rings. The lowest BCUT2D eigenvalue weighted by Crippen LogP contribution is -1.99. The summed E-state index contributed by atoms with van der Waals surface area (Å²) in [6.07, 6.45) is 13.0. The normalized spacial score (nSPS) is 12.5. The Kier molecular flexibility index (Phi) is 7.95. The number of hydrogen-bond donors (Lipinski definition) is 0. The molecule has 63 valence electrons. The van der Waals surface area contributed by atoms with Gasteiger partial charge < -0.3 is 0 Å². The van der Waals surface area contributed by atoms with E-state index in [1.54, 1.807) is 0 Å². The maximum absolute atomic E-state index is 5.14. The molecule has 0 spiro atoms. The van der Waals surface area contributed by atoms with Gasteiger partial charge in [-0.25, -0.2) is 0 Å². The average Bonchev–Trinajstić information content (AvgIpc) is 2.05. The van der Waals surface area contributed by atoms with Crippen molar-refractivity contribution in [2.75, 3.05) is 6.26 Å². The van der Waals surface area contributed by atoms with Crippen LogP contribution in [0.5, 0.6) is 0 Å². The van der Waals surface area contributed by atoms with Gasteiger partial charge in [-0.15, -0.1) is 12.3 Å². The second-order valence-electron chi connectivity index (χ2n) is 2.60. The molecular formula is C10H17S. The van der Waals surface area contributed by atoms with E-state index in [9.17, 15) is 0 Å². The van der Waals surface area contributed by atoms with Gasteiger partial charge in [0.25, 0.3) is 0 Å². The van der Waals surface area contributed by atoms with E-state index < -0.39 is 0 Å². The highest BCUT2D eigenvalue weighted by Crippen LogP contribution is 2.17. The quantitative estimate of drug-likeness (QED) is 0.435. The molecule has 0 saturated heterocycles. The monoisotopic (exact) mass is 169 g/mol. The Hall–Kier alpha value is -0.0900. The van der Waals surface area contributed by atoms with Crippen molar-refractivity contribution in [2.45, 2.75) is 37.4 Å². The largest absolute Gasteiger partial charge is 0.162 e. The van der Waals surface area contributed by atoms with Crippen molar-refractivity contribution in [3.05, 3.63) is 6.92 Å². The van der Waals surface area contributed by atoms with Gasteiger partial charge in [0.05, 0.1) is 0 Å². The smallest absolute Gasteiger partial charge is 0.00860 e. The molecule has 0 aromatic carbocycles. The van der Waals surface area contributed by atoms with Crippen LogP contribution < -0.4 is 0 Å². The number of rotatable bonds is 6. The summed E-state index contributed by atoms with van der Waals surface area (Å²) in [4.78, 5) is 0. The molecule has 1 unspecified atom stereocenters. The molecule has 0 aliphatic heterocycles. The Labute approximate surface area is 75.1 Å². The summed E-state index contributed by atoms with van der Waals surface area (Å²) in [6, 6.07) is 0. The lowest BCUT2D eigenvalue weighted by Gasteiger charge is -2.09. The van der Waals surface area contributed by atoms with Crippen LogP contribution in [0.1, 0.15) is 32.1 Å². The maximum Gasteiger partial charge on any atom is 0.00860 e. The van der Waals surface area contributed by atoms with E-state index in [4.69, 9.17) is 6.42 Å². The average molecular weight is 169 g/mol. The first kappa shape index (κ1) is 10.9. The molecule has 0 saturated carbocycles. The zero-order chi connectivity index (χ0) is 8.53. The van der Waals surface area contributed by atoms with Gasteiger partial charge in [-0.2, -0.15) is 11.8 Å². The molecule has 0 fully saturated rings. The Morgan fingerprint density at radius 1 is 1.55 bits per heavy atom. The summed E-state index contributed by atoms with van der Waals surface area (Å²) in [7, 11) is 0. The summed E-state index contributed by atoms with van der Waals surface area (Å²) in [5.74, 6) is 2.66. The highest BCUT2D eigenvalue weighted by molar-refractivity contribution is 7.99. The van der Waals surface area contributed by atoms with E-state index >= 15 is 0 Å². The SMILES string of the molecule is C#CCCCCC(C[CH2])SC. The van der Waals surface area contributed by atoms with E-state index in [-0.39, 0.29) is 0 Å². The van der Waals surface area contributed by atoms with Crippen LogP contribution in [-0.4, -0.2) is 11.5 Å². The van der Waals surface area contributed by atoms with E-state index in [0.717, 1.165) is 18.1 Å². The van der Waals surface area contributed by atoms with Gasteiger partial charge in [-0.05, 0) is 25.5 Å². The first-order chi connectivity index (χ1) is 5.35. The summed E-state index contributed by atoms with van der Waals surface area (Å²) >= 11 is 1.91. The van der Waals surface area contributed by atoms with E-state index in [1.807, 2.05) is 11.8 Å². The third kappa shape index (κ3) is 6.31. The predicted octanol–water partition coefficient (Wildman–Crippen LogP) is 3.14. The van der Waals surface area contributed by atoms with E-state index in [2.05, 4.69) is 19.1 Å². The van der Waals surface area contributed by atoms with Gasteiger partial charge >= 0.3 is 0 Å². The molecule has 0 heterocycles. The molecule has 0 rings (SSSR count). The number of terminal acetylenes is 1. The van der Waals surface area contributed by atoms with Crippen molar-refractivity contribution in [3.8, 4) is 12.3 Å². The molecule has 0 bridgehead atoms. The van der Waals surface area contributed by atoms with Crippen LogP contribution in [0.3, 0.4) is 0 Å². The van der Waals surface area contributed by atoms with Crippen LogP contribution >= 0.6 is 11.8 Å². The van der Waals surface area contributed by atoms with Gasteiger partial charge in [0, 0.05) is 11.7 Å². The first-order valence-corrected chi connectivity index (χ1v) is 5.39. The lowest BCUT2D eigenvalue weighted by atomic mass is 10.1. The van der Waals surface area contributed by atoms with Crippen molar-refractivity contribution in [1.29, 1.82) is 0 Å². The minimum atomic E-state index is 0.743. The standard InChI is InChI=1S/C10H17S/c1-4-6-7-8-9-10(5-2)11-3/h1,10H,2,5-9H2,3H3. The molecule has 11 heavy (non-hydrogen) atoms. The van der Waals surface area contributed by atoms with Crippen LogP contribution in [0.2, 0.25) is 0 Å². The van der Waals surface area contributed by atoms with Gasteiger partial charge in [0.1, 0.15) is 0 Å². The summed E-state index contributed by atoms with van der Waals surface area (Å²) < 4.78 is 0. The summed E-state index contributed by atoms with van der Waals surface area (Å²) in [6.45, 7) is 3.89. The molecule has 0 aliphatic carbocycles. The molecule has 0 aromatic rings. The van der Waals surface area contributed by atoms with Crippen molar-refractivity contribution >= 4 is 11.8 Å². The second-order valence-corrected chi connectivity index (χ2v) is 3.73. The van der Waals surface area contributed by atoms with Gasteiger partial charge in [0.15, 0.2) is 0 Å². The number of thioether (sulfide) groups is 1. The zero-order valence-corrected chi connectivity index (χ0v) is 8.12. The number of hydrogen-bond acceptors (Lipinski definition) is 1. The Morgan fingerprint density at radius 2 is 2.27 bits per heavy atom. The highest BCUT2D eigenvalue weighted by Gasteiger charge is 2.01. The van der Waals surface area contributed by atoms with Crippen molar-refractivity contribution in [2.24, 2.45) is 0 Å². The minimum Gasteiger partial charge on any atom is -0.162 e. The first-order valence-electron chi connectivity index (χ1n) is 4.10. The highest BCUT2D eigenvalue weighted by atomic mass is 32.2. The van der Waals surface area contributed by atoms with Crippen molar-refractivity contribution in [3.63, 3.8) is 0 Å².